The molecule has 0 atom stereocenters. The Balaban J connectivity index is 0.000000165. The number of thiazole rings is 5. The number of hydrogen-bond acceptors (Lipinski definition) is 19. The first-order valence-corrected chi connectivity index (χ1v) is 39.0. The second-order valence-corrected chi connectivity index (χ2v) is 32.3. The topological polar surface area (TPSA) is 240 Å². The number of nitrogens with zero attached hydrogens (tertiary/aromatic N) is 10. The molecule has 5 heterocycles. The Morgan fingerprint density at radius 2 is 0.578 bits per heavy atom. The molecule has 109 heavy (non-hydrogen) atoms. The van der Waals surface area contributed by atoms with Crippen molar-refractivity contribution in [1.82, 2.24) is 29.8 Å². The van der Waals surface area contributed by atoms with E-state index in [4.69, 9.17) is 46.8 Å². The van der Waals surface area contributed by atoms with E-state index in [0.717, 1.165) is 82.6 Å². The Hall–Kier alpha value is -10.5. The van der Waals surface area contributed by atoms with Crippen LogP contribution in [0.3, 0.4) is 0 Å². The fourth-order valence-electron chi connectivity index (χ4n) is 11.5. The summed E-state index contributed by atoms with van der Waals surface area (Å²) in [6, 6.07) is 55.3. The van der Waals surface area contributed by atoms with Gasteiger partial charge in [-0.3, -0.25) is 40.5 Å². The molecule has 15 aromatic rings. The molecule has 10 aromatic carbocycles. The van der Waals surface area contributed by atoms with Gasteiger partial charge in [0.2, 0.25) is 0 Å². The minimum absolute atomic E-state index is 0.0495. The van der Waals surface area contributed by atoms with Crippen molar-refractivity contribution < 1.29 is 19.7 Å². The SMILES string of the molecule is CN(C)C.C[N+](=O)[O-].C[N+](=O)[O-].Cc1c([N+](=O)[O-])c(Cl)c(C)c2sc(-c3ccccc3)nc12.Cc1cc(C)cc(-c2nc3c(C)ccc(C)c3s2)c1.Cc1cc(C)cc(-c2nc3c(C)ccc(C)c3s2)c1.Cc1ccc(-c2nc3c(C)ccc(C)c3s2)cc1.Cc1ccc(C)c2sc(-c3ccc([N+](=O)[O-])cc3)nc12. The summed E-state index contributed by atoms with van der Waals surface area (Å²) < 4.78 is 6.02. The van der Waals surface area contributed by atoms with Crippen molar-refractivity contribution in [3.63, 3.8) is 0 Å². The zero-order valence-electron chi connectivity index (χ0n) is 64.7. The zero-order valence-corrected chi connectivity index (χ0v) is 69.6. The molecule has 0 aliphatic carbocycles. The van der Waals surface area contributed by atoms with Gasteiger partial charge in [-0.1, -0.05) is 155 Å². The molecule has 0 radical (unpaired) electrons. The van der Waals surface area contributed by atoms with Crippen LogP contribution in [0, 0.1) is 144 Å². The Morgan fingerprint density at radius 1 is 0.312 bits per heavy atom. The van der Waals surface area contributed by atoms with Crippen LogP contribution in [0.25, 0.3) is 104 Å². The van der Waals surface area contributed by atoms with E-state index in [1.54, 1.807) is 71.3 Å². The van der Waals surface area contributed by atoms with Crippen LogP contribution in [0.4, 0.5) is 11.4 Å². The van der Waals surface area contributed by atoms with Crippen molar-refractivity contribution in [3.05, 3.63) is 293 Å². The van der Waals surface area contributed by atoms with Crippen LogP contribution in [0.2, 0.25) is 5.02 Å². The first-order chi connectivity index (χ1) is 51.5. The van der Waals surface area contributed by atoms with E-state index in [0.29, 0.717) is 16.6 Å². The van der Waals surface area contributed by atoms with Gasteiger partial charge in [-0.2, -0.15) is 0 Å². The lowest BCUT2D eigenvalue weighted by molar-refractivity contribution is -0.445. The number of halogens is 1. The lowest BCUT2D eigenvalue weighted by Gasteiger charge is -2.04. The lowest BCUT2D eigenvalue weighted by atomic mass is 10.1. The zero-order chi connectivity index (χ0) is 80.0. The summed E-state index contributed by atoms with van der Waals surface area (Å²) in [5, 5.41) is 44.8. The van der Waals surface area contributed by atoms with Gasteiger partial charge < -0.3 is 4.90 Å². The van der Waals surface area contributed by atoms with Crippen LogP contribution in [0.5, 0.6) is 0 Å². The molecular formula is C85H87ClN10O8S5. The van der Waals surface area contributed by atoms with Crippen LogP contribution in [-0.2, 0) is 0 Å². The van der Waals surface area contributed by atoms with E-state index in [2.05, 4.69) is 202 Å². The molecule has 15 rings (SSSR count). The molecule has 0 saturated carbocycles. The maximum Gasteiger partial charge on any atom is 0.293 e. The summed E-state index contributed by atoms with van der Waals surface area (Å²) in [7, 11) is 7.78. The van der Waals surface area contributed by atoms with Gasteiger partial charge in [0, 0.05) is 49.8 Å². The van der Waals surface area contributed by atoms with Gasteiger partial charge in [0.1, 0.15) is 30.1 Å². The third kappa shape index (κ3) is 21.9. The molecule has 18 nitrogen and oxygen atoms in total. The molecule has 0 unspecified atom stereocenters. The van der Waals surface area contributed by atoms with Crippen LogP contribution in [0.15, 0.2) is 164 Å². The monoisotopic (exact) mass is 1570 g/mol. The van der Waals surface area contributed by atoms with E-state index >= 15 is 0 Å². The van der Waals surface area contributed by atoms with Crippen LogP contribution in [-0.4, -0.2) is 84.8 Å². The fourth-order valence-corrected chi connectivity index (χ4v) is 17.4. The molecular weight excluding hydrogens is 1480 g/mol. The molecule has 0 amide bonds. The molecule has 0 fully saturated rings. The van der Waals surface area contributed by atoms with E-state index in [1.165, 1.54) is 126 Å². The van der Waals surface area contributed by atoms with Crippen molar-refractivity contribution in [2.24, 2.45) is 0 Å². The highest BCUT2D eigenvalue weighted by atomic mass is 35.5. The average Bonchev–Trinajstić information content (AvgIpc) is 1.67. The van der Waals surface area contributed by atoms with Crippen molar-refractivity contribution in [2.45, 2.75) is 104 Å². The standard InChI is InChI=1S/2C17H17NS.C16H15NS.C15H11ClN2O2S.C15H12N2O2S.C3H9N.2CH3NO2/c2*1-10-7-11(2)9-14(8-10)17-18-15-12(3)5-6-13(4)16(15)19-17;1-10-4-8-13(9-5-10)16-17-14-11(2)6-7-12(3)15(14)18-16;1-8-11(16)13(18(19)20)9(2)12-14(8)21-15(17-12)10-6-4-3-5-7-10;1-9-3-4-10(2)14-13(9)16-15(20-14)11-5-7-12(8-6-11)17(18)19;1-4(2)3;2*1-2(3)4/h2*5-9H,1-4H3;4-9H,1-3H3;3-7H,1-2H3;3-8H,1-2H3;1-3H3;2*1H3. The first-order valence-electron chi connectivity index (χ1n) is 34.5. The predicted molar refractivity (Wildman–Crippen MR) is 460 cm³/mol. The summed E-state index contributed by atoms with van der Waals surface area (Å²) in [6.07, 6.45) is 0. The number of nitro groups is 4. The first kappa shape index (κ1) is 84.1. The van der Waals surface area contributed by atoms with Gasteiger partial charge in [-0.25, -0.2) is 24.9 Å². The van der Waals surface area contributed by atoms with Crippen molar-refractivity contribution in [3.8, 4) is 52.9 Å². The number of rotatable bonds is 7. The minimum Gasteiger partial charge on any atom is -0.312 e. The minimum atomic E-state index is -0.500. The molecule has 562 valence electrons. The number of non-ortho nitro benzene ring substituents is 1. The second-order valence-electron chi connectivity index (χ2n) is 27.0. The number of benzene rings is 10. The number of fused-ring (bicyclic) bond motifs is 5. The van der Waals surface area contributed by atoms with Gasteiger partial charge in [0.05, 0.1) is 66.5 Å². The summed E-state index contributed by atoms with van der Waals surface area (Å²) in [4.78, 5) is 63.4. The molecule has 24 heteroatoms. The van der Waals surface area contributed by atoms with Crippen LogP contribution < -0.4 is 0 Å². The van der Waals surface area contributed by atoms with Gasteiger partial charge >= 0.3 is 0 Å². The smallest absolute Gasteiger partial charge is 0.293 e. The third-order valence-electron chi connectivity index (χ3n) is 16.7. The molecule has 0 aliphatic rings. The average molecular weight is 1570 g/mol. The van der Waals surface area contributed by atoms with Crippen molar-refractivity contribution in [1.29, 1.82) is 0 Å². The van der Waals surface area contributed by atoms with Crippen LogP contribution >= 0.6 is 68.3 Å². The van der Waals surface area contributed by atoms with Gasteiger partial charge in [-0.15, -0.1) is 56.7 Å². The van der Waals surface area contributed by atoms with E-state index in [1.807, 2.05) is 63.3 Å². The largest absolute Gasteiger partial charge is 0.312 e. The van der Waals surface area contributed by atoms with E-state index in [-0.39, 0.29) is 16.4 Å². The molecule has 0 N–H and O–H groups in total. The highest BCUT2D eigenvalue weighted by Crippen LogP contribution is 2.44. The molecule has 5 aromatic heterocycles. The number of nitro benzene ring substituents is 2. The maximum atomic E-state index is 11.2. The number of hydrogen-bond donors (Lipinski definition) is 0. The van der Waals surface area contributed by atoms with E-state index < -0.39 is 19.7 Å². The Bertz CT molecular complexity index is 5460. The molecule has 0 spiro atoms. The van der Waals surface area contributed by atoms with Crippen molar-refractivity contribution >= 4 is 131 Å². The highest BCUT2D eigenvalue weighted by Gasteiger charge is 2.25. The molecule has 0 aliphatic heterocycles. The third-order valence-corrected chi connectivity index (χ3v) is 23.4. The quantitative estimate of drug-likeness (QED) is 0.106. The molecule has 0 saturated heterocycles. The summed E-state index contributed by atoms with van der Waals surface area (Å²) in [5.41, 5.74) is 28.5. The van der Waals surface area contributed by atoms with Gasteiger partial charge in [0.25, 0.3) is 11.4 Å². The highest BCUT2D eigenvalue weighted by molar-refractivity contribution is 7.23. The second kappa shape index (κ2) is 37.5. The maximum absolute atomic E-state index is 11.2. The number of aryl methyl sites for hydroxylation is 15. The Labute approximate surface area is 660 Å². The Morgan fingerprint density at radius 3 is 0.872 bits per heavy atom. The van der Waals surface area contributed by atoms with Gasteiger partial charge in [-0.05, 0) is 211 Å². The van der Waals surface area contributed by atoms with E-state index in [9.17, 15) is 20.2 Å². The molecule has 0 bridgehead atoms. The lowest BCUT2D eigenvalue weighted by Crippen LogP contribution is -1.99. The number of aromatic nitrogens is 5. The Kier molecular flexibility index (Phi) is 29.0. The normalized spacial score (nSPS) is 10.6. The summed E-state index contributed by atoms with van der Waals surface area (Å²) in [5.74, 6) is 0. The van der Waals surface area contributed by atoms with Crippen LogP contribution in [0.1, 0.15) is 83.5 Å². The summed E-state index contributed by atoms with van der Waals surface area (Å²) >= 11 is 14.7. The van der Waals surface area contributed by atoms with Gasteiger partial charge in [0.15, 0.2) is 14.1 Å². The summed E-state index contributed by atoms with van der Waals surface area (Å²) in [6.45, 7) is 31.1. The van der Waals surface area contributed by atoms with Crippen molar-refractivity contribution in [2.75, 3.05) is 35.2 Å². The fraction of sp³-hybridized carbons (Fsp3) is 0.235. The predicted octanol–water partition coefficient (Wildman–Crippen LogP) is 24.9.